The van der Waals surface area contributed by atoms with Crippen LogP contribution >= 0.6 is 0 Å². The molecule has 1 aromatic carbocycles. The van der Waals surface area contributed by atoms with Crippen LogP contribution in [0.25, 0.3) is 0 Å². The molecule has 0 aromatic heterocycles. The Bertz CT molecular complexity index is 1070. The number of imide groups is 1. The molecule has 1 aromatic rings. The number of rotatable bonds is 6. The van der Waals surface area contributed by atoms with E-state index >= 15 is 0 Å². The third kappa shape index (κ3) is 4.26. The van der Waals surface area contributed by atoms with Crippen LogP contribution in [0, 0.1) is 0 Å². The molecule has 0 radical (unpaired) electrons. The van der Waals surface area contributed by atoms with Crippen LogP contribution in [0.15, 0.2) is 24.3 Å². The smallest absolute Gasteiger partial charge is 0.241 e. The lowest BCUT2D eigenvalue weighted by atomic mass is 9.75. The van der Waals surface area contributed by atoms with Crippen molar-refractivity contribution >= 4 is 27.6 Å². The molecule has 4 rings (SSSR count). The number of aliphatic hydroxyl groups is 1. The van der Waals surface area contributed by atoms with Crippen LogP contribution in [0.4, 0.5) is 0 Å². The summed E-state index contributed by atoms with van der Waals surface area (Å²) in [7, 11) is -0.520. The van der Waals surface area contributed by atoms with Gasteiger partial charge in [-0.2, -0.15) is 0 Å². The van der Waals surface area contributed by atoms with Gasteiger partial charge < -0.3 is 14.7 Å². The quantitative estimate of drug-likeness (QED) is 0.596. The van der Waals surface area contributed by atoms with E-state index in [4.69, 9.17) is 4.74 Å². The van der Waals surface area contributed by atoms with Gasteiger partial charge >= 0.3 is 0 Å². The largest absolute Gasteiger partial charge is 0.497 e. The number of carbonyl (C=O) groups excluding carboxylic acids is 3. The molecule has 0 spiro atoms. The first-order valence-corrected chi connectivity index (χ1v) is 13.1. The Morgan fingerprint density at radius 3 is 2.55 bits per heavy atom. The molecular weight excluding hydrogens is 448 g/mol. The van der Waals surface area contributed by atoms with Crippen LogP contribution in [-0.2, 0) is 29.6 Å². The molecule has 0 bridgehead atoms. The van der Waals surface area contributed by atoms with E-state index in [9.17, 15) is 27.9 Å². The van der Waals surface area contributed by atoms with Crippen molar-refractivity contribution in [3.05, 3.63) is 29.8 Å². The van der Waals surface area contributed by atoms with Crippen LogP contribution in [0.3, 0.4) is 0 Å². The fourth-order valence-corrected chi connectivity index (χ4v) is 7.27. The lowest BCUT2D eigenvalue weighted by Crippen LogP contribution is -2.49. The van der Waals surface area contributed by atoms with Crippen LogP contribution in [-0.4, -0.2) is 84.9 Å². The molecule has 33 heavy (non-hydrogen) atoms. The van der Waals surface area contributed by atoms with Crippen molar-refractivity contribution < 1.29 is 32.6 Å². The molecule has 1 N–H and O–H groups in total. The number of methoxy groups -OCH3 is 1. The molecule has 180 valence electrons. The van der Waals surface area contributed by atoms with Gasteiger partial charge in [-0.3, -0.25) is 19.3 Å². The van der Waals surface area contributed by atoms with Crippen molar-refractivity contribution in [1.82, 2.24) is 9.80 Å². The van der Waals surface area contributed by atoms with Gasteiger partial charge in [0.25, 0.3) is 0 Å². The normalized spacial score (nSPS) is 29.6. The second kappa shape index (κ2) is 8.72. The Balaban J connectivity index is 1.69. The molecule has 9 nitrogen and oxygen atoms in total. The Labute approximate surface area is 193 Å². The van der Waals surface area contributed by atoms with Gasteiger partial charge in [-0.1, -0.05) is 25.0 Å². The number of aliphatic hydroxyl groups excluding tert-OH is 1. The highest BCUT2D eigenvalue weighted by Crippen LogP contribution is 2.44. The zero-order valence-electron chi connectivity index (χ0n) is 18.9. The predicted molar refractivity (Wildman–Crippen MR) is 119 cm³/mol. The topological polar surface area (TPSA) is 121 Å². The third-order valence-corrected chi connectivity index (χ3v) is 9.00. The molecule has 2 saturated heterocycles. The zero-order valence-corrected chi connectivity index (χ0v) is 19.7. The Hall–Kier alpha value is -2.46. The van der Waals surface area contributed by atoms with E-state index in [0.29, 0.717) is 11.3 Å². The molecule has 3 amide bonds. The summed E-state index contributed by atoms with van der Waals surface area (Å²) in [5.74, 6) is -1.41. The number of benzene rings is 1. The van der Waals surface area contributed by atoms with E-state index in [1.165, 1.54) is 24.0 Å². The van der Waals surface area contributed by atoms with E-state index in [-0.39, 0.29) is 30.5 Å². The fourth-order valence-electron chi connectivity index (χ4n) is 5.43. The summed E-state index contributed by atoms with van der Waals surface area (Å²) in [6, 6.07) is 5.78. The Kier molecular flexibility index (Phi) is 6.26. The Morgan fingerprint density at radius 1 is 1.24 bits per heavy atom. The van der Waals surface area contributed by atoms with Gasteiger partial charge in [0.1, 0.15) is 5.75 Å². The van der Waals surface area contributed by atoms with Crippen molar-refractivity contribution in [3.8, 4) is 5.75 Å². The van der Waals surface area contributed by atoms with E-state index in [1.807, 2.05) is 0 Å². The summed E-state index contributed by atoms with van der Waals surface area (Å²) in [5, 5.41) is 10.2. The van der Waals surface area contributed by atoms with Gasteiger partial charge in [-0.25, -0.2) is 8.42 Å². The number of likely N-dealkylation sites (tertiary alicyclic amines) is 1. The van der Waals surface area contributed by atoms with E-state index in [0.717, 1.165) is 25.7 Å². The number of nitrogens with zero attached hydrogens (tertiary/aromatic N) is 2. The highest BCUT2D eigenvalue weighted by Gasteiger charge is 2.56. The summed E-state index contributed by atoms with van der Waals surface area (Å²) in [6.07, 6.45) is 1.78. The molecule has 3 aliphatic rings. The first kappa shape index (κ1) is 23.7. The van der Waals surface area contributed by atoms with E-state index < -0.39 is 45.0 Å². The maximum absolute atomic E-state index is 13.8. The average molecular weight is 479 g/mol. The van der Waals surface area contributed by atoms with Gasteiger partial charge in [0.2, 0.25) is 17.7 Å². The van der Waals surface area contributed by atoms with E-state index in [1.54, 1.807) is 24.3 Å². The lowest BCUT2D eigenvalue weighted by molar-refractivity contribution is -0.145. The summed E-state index contributed by atoms with van der Waals surface area (Å²) in [4.78, 5) is 42.8. The van der Waals surface area contributed by atoms with Crippen LogP contribution in [0.1, 0.15) is 44.1 Å². The molecule has 2 heterocycles. The highest BCUT2D eigenvalue weighted by atomic mass is 32.2. The van der Waals surface area contributed by atoms with Gasteiger partial charge in [0.15, 0.2) is 9.84 Å². The molecular formula is C23H30N2O7S. The maximum Gasteiger partial charge on any atom is 0.241 e. The number of hydrogen-bond acceptors (Lipinski definition) is 7. The Morgan fingerprint density at radius 2 is 1.94 bits per heavy atom. The van der Waals surface area contributed by atoms with Crippen molar-refractivity contribution in [1.29, 1.82) is 0 Å². The minimum atomic E-state index is -3.46. The second-order valence-corrected chi connectivity index (χ2v) is 11.5. The monoisotopic (exact) mass is 478 g/mol. The fraction of sp³-hybridized carbons (Fsp3) is 0.609. The maximum atomic E-state index is 13.8. The summed E-state index contributed by atoms with van der Waals surface area (Å²) in [6.45, 7) is 0. The average Bonchev–Trinajstić information content (AvgIpc) is 3.45. The van der Waals surface area contributed by atoms with Gasteiger partial charge in [-0.15, -0.1) is 0 Å². The number of ether oxygens (including phenoxy) is 1. The molecule has 10 heteroatoms. The van der Waals surface area contributed by atoms with Crippen LogP contribution in [0.5, 0.6) is 5.75 Å². The number of amides is 3. The van der Waals surface area contributed by atoms with Crippen molar-refractivity contribution in [2.45, 2.75) is 62.1 Å². The molecule has 1 saturated carbocycles. The molecule has 2 aliphatic heterocycles. The van der Waals surface area contributed by atoms with Crippen molar-refractivity contribution in [2.75, 3.05) is 25.7 Å². The molecule has 3 fully saturated rings. The highest BCUT2D eigenvalue weighted by molar-refractivity contribution is 7.91. The van der Waals surface area contributed by atoms with Crippen molar-refractivity contribution in [3.63, 3.8) is 0 Å². The van der Waals surface area contributed by atoms with E-state index in [2.05, 4.69) is 0 Å². The SMILES string of the molecule is COc1cccc([C@]2(CC(=O)N(C)[C@@H]3CS(=O)(=O)C[C@H]3O)CC(=O)N(C3CCCC3)C2=O)c1. The molecule has 3 atom stereocenters. The molecule has 1 aliphatic carbocycles. The molecule has 0 unspecified atom stereocenters. The number of sulfone groups is 1. The van der Waals surface area contributed by atoms with Crippen LogP contribution < -0.4 is 4.74 Å². The number of hydrogen-bond donors (Lipinski definition) is 1. The van der Waals surface area contributed by atoms with Gasteiger partial charge in [0, 0.05) is 25.9 Å². The summed E-state index contributed by atoms with van der Waals surface area (Å²) >= 11 is 0. The lowest BCUT2D eigenvalue weighted by Gasteiger charge is -2.33. The minimum Gasteiger partial charge on any atom is -0.497 e. The second-order valence-electron chi connectivity index (χ2n) is 9.39. The summed E-state index contributed by atoms with van der Waals surface area (Å²) in [5.41, 5.74) is -0.885. The van der Waals surface area contributed by atoms with Gasteiger partial charge in [0.05, 0.1) is 36.2 Å². The van der Waals surface area contributed by atoms with Crippen LogP contribution in [0.2, 0.25) is 0 Å². The first-order valence-electron chi connectivity index (χ1n) is 11.2. The van der Waals surface area contributed by atoms with Gasteiger partial charge in [-0.05, 0) is 30.5 Å². The first-order chi connectivity index (χ1) is 15.6. The zero-order chi connectivity index (χ0) is 24.0. The predicted octanol–water partition coefficient (Wildman–Crippen LogP) is 0.641. The number of carbonyl (C=O) groups is 3. The standard InChI is InChI=1S/C23H30N2O7S/c1-24(18-13-33(30,31)14-19(18)26)20(27)11-23(15-6-5-9-17(10-15)32-2)12-21(28)25(22(23)29)16-7-3-4-8-16/h5-6,9-10,16,18-19,26H,3-4,7-8,11-14H2,1-2H3/t18-,19-,23+/m1/s1. The third-order valence-electron chi connectivity index (χ3n) is 7.30. The number of likely N-dealkylation sites (N-methyl/N-ethyl adjacent to an activating group) is 1. The summed E-state index contributed by atoms with van der Waals surface area (Å²) < 4.78 is 29.2. The minimum absolute atomic E-state index is 0.138. The van der Waals surface area contributed by atoms with Crippen molar-refractivity contribution in [2.24, 2.45) is 0 Å².